The number of nitrogens with one attached hydrogen (secondary N) is 1. The molecule has 4 nitrogen and oxygen atoms in total. The fourth-order valence-corrected chi connectivity index (χ4v) is 4.20. The van der Waals surface area contributed by atoms with Crippen LogP contribution in [0.3, 0.4) is 0 Å². The molecule has 28 heavy (non-hydrogen) atoms. The number of amidine groups is 1. The molecule has 1 aliphatic heterocycles. The highest BCUT2D eigenvalue weighted by Gasteiger charge is 2.74. The van der Waals surface area contributed by atoms with E-state index >= 15 is 0 Å². The van der Waals surface area contributed by atoms with Crippen molar-refractivity contribution >= 4 is 33.9 Å². The molecular formula is C15H14BrF7N2O2S. The summed E-state index contributed by atoms with van der Waals surface area (Å²) < 4.78 is 95.6. The summed E-state index contributed by atoms with van der Waals surface area (Å²) in [5, 5.41) is 13.6. The first-order valence-electron chi connectivity index (χ1n) is 7.53. The third kappa shape index (κ3) is 3.19. The van der Waals surface area contributed by atoms with Gasteiger partial charge in [-0.1, -0.05) is 24.3 Å². The molecule has 0 bridgehead atoms. The van der Waals surface area contributed by atoms with E-state index < -0.39 is 35.3 Å². The Bertz CT molecular complexity index is 792. The van der Waals surface area contributed by atoms with Gasteiger partial charge in [0.2, 0.25) is 5.72 Å². The van der Waals surface area contributed by atoms with Crippen molar-refractivity contribution in [2.45, 2.75) is 35.1 Å². The van der Waals surface area contributed by atoms with Crippen molar-refractivity contribution in [1.29, 1.82) is 0 Å². The zero-order valence-electron chi connectivity index (χ0n) is 14.0. The number of thioether (sulfide) groups is 1. The van der Waals surface area contributed by atoms with E-state index in [-0.39, 0.29) is 34.1 Å². The van der Waals surface area contributed by atoms with Crippen LogP contribution in [0.5, 0.6) is 0 Å². The Morgan fingerprint density at radius 2 is 1.79 bits per heavy atom. The first-order valence-corrected chi connectivity index (χ1v) is 8.35. The Morgan fingerprint density at radius 1 is 1.18 bits per heavy atom. The van der Waals surface area contributed by atoms with Crippen LogP contribution in [0.2, 0.25) is 0 Å². The van der Waals surface area contributed by atoms with Crippen LogP contribution >= 0.6 is 28.7 Å². The molecule has 2 N–H and O–H groups in total. The highest BCUT2D eigenvalue weighted by molar-refractivity contribution is 8.93. The molecule has 0 saturated carbocycles. The number of ether oxygens (including phenoxy) is 1. The lowest BCUT2D eigenvalue weighted by molar-refractivity contribution is -0.365. The predicted octanol–water partition coefficient (Wildman–Crippen LogP) is 3.83. The van der Waals surface area contributed by atoms with E-state index in [9.17, 15) is 35.8 Å². The maximum atomic E-state index is 13.7. The Morgan fingerprint density at radius 3 is 2.36 bits per heavy atom. The largest absolute Gasteiger partial charge is 0.459 e. The fourth-order valence-electron chi connectivity index (χ4n) is 2.97. The van der Waals surface area contributed by atoms with Crippen molar-refractivity contribution in [1.82, 2.24) is 5.32 Å². The number of aliphatic hydroxyl groups is 1. The van der Waals surface area contributed by atoms with E-state index in [2.05, 4.69) is 10.3 Å². The number of hydrogen-bond donors (Lipinski definition) is 2. The smallest absolute Gasteiger partial charge is 0.368 e. The number of alkyl halides is 7. The number of nitrogens with zero attached hydrogens (tertiary/aromatic N) is 1. The Balaban J connectivity index is 0.00000280. The summed E-state index contributed by atoms with van der Waals surface area (Å²) in [7, 11) is 1.42. The fraction of sp³-hybridized carbons (Fsp3) is 0.533. The molecule has 0 fully saturated rings. The van der Waals surface area contributed by atoms with E-state index in [0.717, 1.165) is 0 Å². The number of fused-ring (bicyclic) bond motifs is 3. The van der Waals surface area contributed by atoms with Gasteiger partial charge in [0, 0.05) is 19.0 Å². The van der Waals surface area contributed by atoms with Gasteiger partial charge in [0.05, 0.1) is 0 Å². The third-order valence-electron chi connectivity index (χ3n) is 4.39. The summed E-state index contributed by atoms with van der Waals surface area (Å²) in [4.78, 5) is 1.97. The maximum absolute atomic E-state index is 13.7. The lowest BCUT2D eigenvalue weighted by Crippen LogP contribution is -2.56. The molecule has 1 aromatic carbocycles. The molecule has 0 aromatic heterocycles. The highest BCUT2D eigenvalue weighted by atomic mass is 79.9. The molecule has 0 amide bonds. The van der Waals surface area contributed by atoms with Gasteiger partial charge in [0.15, 0.2) is 10.1 Å². The summed E-state index contributed by atoms with van der Waals surface area (Å²) in [5.41, 5.74) is -1.55. The summed E-state index contributed by atoms with van der Waals surface area (Å²) in [6.07, 6.45) is -6.67. The first kappa shape index (κ1) is 23.2. The number of aliphatic imine (C=N–C) groups is 1. The minimum absolute atomic E-state index is 0. The van der Waals surface area contributed by atoms with Crippen LogP contribution in [0, 0.1) is 0 Å². The van der Waals surface area contributed by atoms with Crippen molar-refractivity contribution in [3.8, 4) is 0 Å². The summed E-state index contributed by atoms with van der Waals surface area (Å²) >= 11 is 0.650. The van der Waals surface area contributed by atoms with Gasteiger partial charge in [-0.25, -0.2) is 4.99 Å². The maximum Gasteiger partial charge on any atom is 0.459 e. The average Bonchev–Trinajstić information content (AvgIpc) is 2.97. The van der Waals surface area contributed by atoms with Crippen molar-refractivity contribution in [3.05, 3.63) is 35.4 Å². The monoisotopic (exact) mass is 498 g/mol. The van der Waals surface area contributed by atoms with Gasteiger partial charge in [-0.15, -0.1) is 17.0 Å². The summed E-state index contributed by atoms with van der Waals surface area (Å²) in [5.74, 6) is -11.8. The first-order chi connectivity index (χ1) is 12.3. The lowest BCUT2D eigenvalue weighted by atomic mass is 10.0. The van der Waals surface area contributed by atoms with Gasteiger partial charge in [-0.05, 0) is 17.3 Å². The Labute approximate surface area is 169 Å². The van der Waals surface area contributed by atoms with Gasteiger partial charge in [-0.3, -0.25) is 0 Å². The molecule has 2 unspecified atom stereocenters. The normalized spacial score (nSPS) is 27.0. The SMILES string of the molecule is Br.CNC1=NC2(O)c3ccccc3CC2(OCC(F)(F)C(F)(F)C(F)(F)F)S1. The number of halogens is 8. The molecule has 3 rings (SSSR count). The van der Waals surface area contributed by atoms with Crippen molar-refractivity contribution < 1.29 is 40.6 Å². The standard InChI is InChI=1S/C15H13F7N2O2S.BrH/c1-23-10-24-13(25)9-5-3-2-4-8(9)6-12(13,27-10)26-7-11(16,17)14(18,19)15(20,21)22;/h2-5,25H,6-7H2,1H3,(H,23,24);1H. The molecular weight excluding hydrogens is 485 g/mol. The molecule has 13 heteroatoms. The summed E-state index contributed by atoms with van der Waals surface area (Å²) in [6, 6.07) is 6.13. The topological polar surface area (TPSA) is 53.9 Å². The van der Waals surface area contributed by atoms with E-state index in [1.165, 1.54) is 19.2 Å². The van der Waals surface area contributed by atoms with Crippen molar-refractivity contribution in [3.63, 3.8) is 0 Å². The van der Waals surface area contributed by atoms with Crippen LogP contribution in [-0.2, 0) is 16.9 Å². The van der Waals surface area contributed by atoms with Gasteiger partial charge in [0.25, 0.3) is 0 Å². The second kappa shape index (κ2) is 7.03. The molecule has 158 valence electrons. The lowest BCUT2D eigenvalue weighted by Gasteiger charge is -2.36. The van der Waals surface area contributed by atoms with Crippen LogP contribution in [0.1, 0.15) is 11.1 Å². The number of rotatable bonds is 4. The molecule has 0 saturated heterocycles. The average molecular weight is 499 g/mol. The zero-order chi connectivity index (χ0) is 20.3. The van der Waals surface area contributed by atoms with Crippen LogP contribution in [0.15, 0.2) is 29.3 Å². The molecule has 1 aromatic rings. The van der Waals surface area contributed by atoms with E-state index in [0.29, 0.717) is 17.3 Å². The molecule has 0 spiro atoms. The molecule has 2 atom stereocenters. The Kier molecular flexibility index (Phi) is 5.83. The van der Waals surface area contributed by atoms with E-state index in [4.69, 9.17) is 4.74 Å². The van der Waals surface area contributed by atoms with Gasteiger partial charge >= 0.3 is 18.0 Å². The predicted molar refractivity (Wildman–Crippen MR) is 93.1 cm³/mol. The van der Waals surface area contributed by atoms with Gasteiger partial charge in [-0.2, -0.15) is 30.7 Å². The van der Waals surface area contributed by atoms with Crippen LogP contribution in [-0.4, -0.2) is 46.9 Å². The minimum Gasteiger partial charge on any atom is -0.368 e. The van der Waals surface area contributed by atoms with Crippen molar-refractivity contribution in [2.75, 3.05) is 13.7 Å². The quantitative estimate of drug-likeness (QED) is 0.619. The molecule has 2 aliphatic rings. The Hall–Kier alpha value is -1.05. The minimum atomic E-state index is -6.46. The molecule has 0 radical (unpaired) electrons. The van der Waals surface area contributed by atoms with Crippen LogP contribution in [0.4, 0.5) is 30.7 Å². The van der Waals surface area contributed by atoms with E-state index in [1.807, 2.05) is 0 Å². The van der Waals surface area contributed by atoms with Crippen LogP contribution < -0.4 is 5.32 Å². The summed E-state index contributed by atoms with van der Waals surface area (Å²) in [6.45, 7) is -2.25. The molecule has 1 aliphatic carbocycles. The number of benzene rings is 1. The van der Waals surface area contributed by atoms with E-state index in [1.54, 1.807) is 12.1 Å². The second-order valence-corrected chi connectivity index (χ2v) is 7.34. The third-order valence-corrected chi connectivity index (χ3v) is 5.75. The van der Waals surface area contributed by atoms with Gasteiger partial charge in [0.1, 0.15) is 6.61 Å². The molecule has 1 heterocycles. The highest BCUT2D eigenvalue weighted by Crippen LogP contribution is 2.58. The van der Waals surface area contributed by atoms with Crippen LogP contribution in [0.25, 0.3) is 0 Å². The number of hydrogen-bond acceptors (Lipinski definition) is 5. The second-order valence-electron chi connectivity index (χ2n) is 6.09. The zero-order valence-corrected chi connectivity index (χ0v) is 16.5. The van der Waals surface area contributed by atoms with Crippen molar-refractivity contribution in [2.24, 2.45) is 4.99 Å². The van der Waals surface area contributed by atoms with Gasteiger partial charge < -0.3 is 15.2 Å².